The third-order valence-corrected chi connectivity index (χ3v) is 7.04. The summed E-state index contributed by atoms with van der Waals surface area (Å²) in [6, 6.07) is 14.3. The molecular weight excluding hydrogens is 351 g/mol. The molecule has 4 nitrogen and oxygen atoms in total. The Morgan fingerprint density at radius 2 is 1.85 bits per heavy atom. The van der Waals surface area contributed by atoms with Crippen molar-refractivity contribution in [2.75, 3.05) is 26.2 Å². The van der Waals surface area contributed by atoms with E-state index in [2.05, 4.69) is 24.0 Å². The van der Waals surface area contributed by atoms with Gasteiger partial charge in [0.1, 0.15) is 5.82 Å². The predicted molar refractivity (Wildman–Crippen MR) is 101 cm³/mol. The van der Waals surface area contributed by atoms with Crippen molar-refractivity contribution in [1.82, 2.24) is 9.21 Å². The molecule has 0 aromatic heterocycles. The fourth-order valence-corrected chi connectivity index (χ4v) is 5.19. The van der Waals surface area contributed by atoms with E-state index in [1.54, 1.807) is 6.92 Å². The molecule has 0 saturated carbocycles. The Hall–Kier alpha value is -1.76. The summed E-state index contributed by atoms with van der Waals surface area (Å²) in [7, 11) is -3.59. The van der Waals surface area contributed by atoms with E-state index >= 15 is 0 Å². The molecule has 1 fully saturated rings. The second-order valence-electron chi connectivity index (χ2n) is 6.89. The first-order chi connectivity index (χ1) is 12.4. The second kappa shape index (κ2) is 7.86. The van der Waals surface area contributed by atoms with Gasteiger partial charge < -0.3 is 0 Å². The molecule has 1 aliphatic rings. The molecule has 2 aromatic carbocycles. The largest absolute Gasteiger partial charge is 0.298 e. The standard InChI is InChI=1S/C20H25FN2O2S/c1-16-14-19(21)8-9-20(16)26(24,25)23-13-12-22(17(2)15-23)11-10-18-6-4-3-5-7-18/h3-9,14,17H,10-13,15H2,1-2H3. The molecule has 0 amide bonds. The first-order valence-electron chi connectivity index (χ1n) is 8.92. The smallest absolute Gasteiger partial charge is 0.243 e. The van der Waals surface area contributed by atoms with Crippen molar-refractivity contribution in [3.63, 3.8) is 0 Å². The van der Waals surface area contributed by atoms with E-state index in [4.69, 9.17) is 0 Å². The van der Waals surface area contributed by atoms with Crippen LogP contribution in [0.25, 0.3) is 0 Å². The maximum atomic E-state index is 13.3. The summed E-state index contributed by atoms with van der Waals surface area (Å²) < 4.78 is 40.7. The molecule has 6 heteroatoms. The van der Waals surface area contributed by atoms with Crippen LogP contribution < -0.4 is 0 Å². The fourth-order valence-electron chi connectivity index (χ4n) is 3.47. The highest BCUT2D eigenvalue weighted by Crippen LogP contribution is 2.23. The molecule has 0 spiro atoms. The molecule has 26 heavy (non-hydrogen) atoms. The van der Waals surface area contributed by atoms with Crippen LogP contribution in [0.2, 0.25) is 0 Å². The molecule has 0 radical (unpaired) electrons. The summed E-state index contributed by atoms with van der Waals surface area (Å²) in [4.78, 5) is 2.53. The Balaban J connectivity index is 1.66. The van der Waals surface area contributed by atoms with Crippen LogP contribution >= 0.6 is 0 Å². The molecule has 1 unspecified atom stereocenters. The van der Waals surface area contributed by atoms with Crippen molar-refractivity contribution in [2.45, 2.75) is 31.2 Å². The van der Waals surface area contributed by atoms with Gasteiger partial charge in [-0.2, -0.15) is 4.31 Å². The maximum absolute atomic E-state index is 13.3. The minimum absolute atomic E-state index is 0.142. The molecule has 0 N–H and O–H groups in total. The van der Waals surface area contributed by atoms with Gasteiger partial charge in [0.05, 0.1) is 4.90 Å². The summed E-state index contributed by atoms with van der Waals surface area (Å²) >= 11 is 0. The van der Waals surface area contributed by atoms with Crippen molar-refractivity contribution >= 4 is 10.0 Å². The topological polar surface area (TPSA) is 40.6 Å². The lowest BCUT2D eigenvalue weighted by Crippen LogP contribution is -2.53. The zero-order valence-corrected chi connectivity index (χ0v) is 16.0. The number of piperazine rings is 1. The van der Waals surface area contributed by atoms with Crippen molar-refractivity contribution in [2.24, 2.45) is 0 Å². The highest BCUT2D eigenvalue weighted by molar-refractivity contribution is 7.89. The SMILES string of the molecule is Cc1cc(F)ccc1S(=O)(=O)N1CCN(CCc2ccccc2)C(C)C1. The van der Waals surface area contributed by atoms with Gasteiger partial charge >= 0.3 is 0 Å². The molecule has 2 aromatic rings. The zero-order chi connectivity index (χ0) is 18.7. The number of benzene rings is 2. The van der Waals surface area contributed by atoms with Crippen LogP contribution in [0.4, 0.5) is 4.39 Å². The average Bonchev–Trinajstić information content (AvgIpc) is 2.61. The number of rotatable bonds is 5. The third-order valence-electron chi connectivity index (χ3n) is 5.01. The van der Waals surface area contributed by atoms with E-state index < -0.39 is 15.8 Å². The van der Waals surface area contributed by atoms with Crippen LogP contribution in [0.15, 0.2) is 53.4 Å². The fraction of sp³-hybridized carbons (Fsp3) is 0.400. The van der Waals surface area contributed by atoms with E-state index in [0.717, 1.165) is 13.0 Å². The minimum Gasteiger partial charge on any atom is -0.298 e. The lowest BCUT2D eigenvalue weighted by molar-refractivity contribution is 0.130. The predicted octanol–water partition coefficient (Wildman–Crippen LogP) is 3.07. The number of nitrogens with zero attached hydrogens (tertiary/aromatic N) is 2. The lowest BCUT2D eigenvalue weighted by Gasteiger charge is -2.39. The van der Waals surface area contributed by atoms with E-state index in [1.165, 1.54) is 28.1 Å². The summed E-state index contributed by atoms with van der Waals surface area (Å²) in [5, 5.41) is 0. The number of aryl methyl sites for hydroxylation is 1. The summed E-state index contributed by atoms with van der Waals surface area (Å²) in [5.74, 6) is -0.416. The van der Waals surface area contributed by atoms with Gasteiger partial charge in [0, 0.05) is 32.2 Å². The van der Waals surface area contributed by atoms with Crippen LogP contribution in [0.5, 0.6) is 0 Å². The number of halogens is 1. The van der Waals surface area contributed by atoms with Crippen LogP contribution in [0.3, 0.4) is 0 Å². The third kappa shape index (κ3) is 4.14. The minimum atomic E-state index is -3.59. The Morgan fingerprint density at radius 1 is 1.12 bits per heavy atom. The van der Waals surface area contributed by atoms with Gasteiger partial charge in [0.2, 0.25) is 10.0 Å². The Labute approximate surface area is 155 Å². The molecule has 1 saturated heterocycles. The average molecular weight is 376 g/mol. The van der Waals surface area contributed by atoms with Crippen LogP contribution in [-0.2, 0) is 16.4 Å². The van der Waals surface area contributed by atoms with Gasteiger partial charge in [-0.1, -0.05) is 30.3 Å². The summed E-state index contributed by atoms with van der Waals surface area (Å²) in [5.41, 5.74) is 1.74. The normalized spacial score (nSPS) is 19.6. The molecule has 140 valence electrons. The Bertz CT molecular complexity index is 855. The highest BCUT2D eigenvalue weighted by atomic mass is 32.2. The van der Waals surface area contributed by atoms with Crippen LogP contribution in [0.1, 0.15) is 18.1 Å². The van der Waals surface area contributed by atoms with Gasteiger partial charge in [0.15, 0.2) is 0 Å². The second-order valence-corrected chi connectivity index (χ2v) is 8.80. The van der Waals surface area contributed by atoms with Crippen molar-refractivity contribution in [1.29, 1.82) is 0 Å². The molecule has 0 aliphatic carbocycles. The number of hydrogen-bond acceptors (Lipinski definition) is 3. The lowest BCUT2D eigenvalue weighted by atomic mass is 10.1. The van der Waals surface area contributed by atoms with E-state index in [9.17, 15) is 12.8 Å². The molecular formula is C20H25FN2O2S. The summed E-state index contributed by atoms with van der Waals surface area (Å²) in [6.45, 7) is 6.22. The van der Waals surface area contributed by atoms with E-state index in [-0.39, 0.29) is 10.9 Å². The quantitative estimate of drug-likeness (QED) is 0.805. The first-order valence-corrected chi connectivity index (χ1v) is 10.4. The van der Waals surface area contributed by atoms with E-state index in [0.29, 0.717) is 25.2 Å². The van der Waals surface area contributed by atoms with Gasteiger partial charge in [-0.25, -0.2) is 12.8 Å². The van der Waals surface area contributed by atoms with Gasteiger partial charge in [0.25, 0.3) is 0 Å². The van der Waals surface area contributed by atoms with Crippen molar-refractivity contribution < 1.29 is 12.8 Å². The summed E-state index contributed by atoms with van der Waals surface area (Å²) in [6.07, 6.45) is 0.953. The highest BCUT2D eigenvalue weighted by Gasteiger charge is 2.32. The van der Waals surface area contributed by atoms with E-state index in [1.807, 2.05) is 18.2 Å². The van der Waals surface area contributed by atoms with Crippen molar-refractivity contribution in [3.05, 3.63) is 65.5 Å². The molecule has 1 aliphatic heterocycles. The Morgan fingerprint density at radius 3 is 2.50 bits per heavy atom. The zero-order valence-electron chi connectivity index (χ0n) is 15.2. The number of hydrogen-bond donors (Lipinski definition) is 0. The Kier molecular flexibility index (Phi) is 5.75. The molecule has 0 bridgehead atoms. The van der Waals surface area contributed by atoms with Crippen LogP contribution in [-0.4, -0.2) is 49.8 Å². The molecule has 1 heterocycles. The van der Waals surface area contributed by atoms with Gasteiger partial charge in [-0.3, -0.25) is 4.90 Å². The van der Waals surface area contributed by atoms with Crippen LogP contribution in [0, 0.1) is 12.7 Å². The first kappa shape index (κ1) is 19.0. The number of sulfonamides is 1. The van der Waals surface area contributed by atoms with Gasteiger partial charge in [-0.15, -0.1) is 0 Å². The van der Waals surface area contributed by atoms with Gasteiger partial charge in [-0.05, 0) is 49.6 Å². The maximum Gasteiger partial charge on any atom is 0.243 e. The van der Waals surface area contributed by atoms with Crippen molar-refractivity contribution in [3.8, 4) is 0 Å². The molecule has 3 rings (SSSR count). The monoisotopic (exact) mass is 376 g/mol. The molecule has 1 atom stereocenters.